The zero-order valence-electron chi connectivity index (χ0n) is 17.2. The third-order valence-corrected chi connectivity index (χ3v) is 7.98. The maximum atomic E-state index is 14.2. The molecule has 2 atom stereocenters. The molecular weight excluding hydrogens is 436 g/mol. The van der Waals surface area contributed by atoms with Gasteiger partial charge < -0.3 is 0 Å². The second kappa shape index (κ2) is 7.79. The number of fused-ring (bicyclic) bond motifs is 1. The maximum Gasteiger partial charge on any atom is 0.246 e. The molecule has 0 aliphatic carbocycles. The van der Waals surface area contributed by atoms with E-state index in [4.69, 9.17) is 0 Å². The SMILES string of the molecule is C[C@H]1C[C@H](Cn2ncc3cc(-c4cn[nH]c4)ccc32)CN1S(=O)(=O)c1cc(F)ccc1F. The van der Waals surface area contributed by atoms with Gasteiger partial charge in [-0.05, 0) is 55.2 Å². The molecule has 1 aliphatic heterocycles. The minimum absolute atomic E-state index is 0.00644. The number of H-pyrrole nitrogens is 1. The lowest BCUT2D eigenvalue weighted by molar-refractivity contribution is 0.393. The quantitative estimate of drug-likeness (QED) is 0.494. The van der Waals surface area contributed by atoms with Crippen LogP contribution in [0.25, 0.3) is 22.0 Å². The molecule has 0 spiro atoms. The summed E-state index contributed by atoms with van der Waals surface area (Å²) >= 11 is 0. The standard InChI is InChI=1S/C22H21F2N5O2S/c1-14-6-15(13-29(14)32(30,31)22-8-19(23)3-4-20(22)24)12-28-21-5-2-16(7-17(21)11-27-28)18-9-25-26-10-18/h2-5,7-11,14-15H,6,12-13H2,1H3,(H,25,26)/t14-,15+/m0/s1. The molecule has 166 valence electrons. The molecule has 7 nitrogen and oxygen atoms in total. The molecule has 3 heterocycles. The Morgan fingerprint density at radius 2 is 1.97 bits per heavy atom. The fourth-order valence-corrected chi connectivity index (χ4v) is 6.24. The molecule has 1 saturated heterocycles. The molecule has 2 aromatic heterocycles. The van der Waals surface area contributed by atoms with Crippen LogP contribution in [0, 0.1) is 17.6 Å². The Morgan fingerprint density at radius 3 is 2.75 bits per heavy atom. The third-order valence-electron chi connectivity index (χ3n) is 5.99. The Kier molecular flexibility index (Phi) is 5.06. The van der Waals surface area contributed by atoms with Crippen molar-refractivity contribution in [3.8, 4) is 11.1 Å². The van der Waals surface area contributed by atoms with Crippen molar-refractivity contribution in [2.45, 2.75) is 30.8 Å². The average molecular weight is 458 g/mol. The smallest absolute Gasteiger partial charge is 0.246 e. The van der Waals surface area contributed by atoms with Gasteiger partial charge in [-0.25, -0.2) is 17.2 Å². The summed E-state index contributed by atoms with van der Waals surface area (Å²) in [5.41, 5.74) is 2.95. The van der Waals surface area contributed by atoms with Gasteiger partial charge >= 0.3 is 0 Å². The van der Waals surface area contributed by atoms with Crippen molar-refractivity contribution in [2.24, 2.45) is 5.92 Å². The van der Waals surface area contributed by atoms with E-state index in [0.29, 0.717) is 13.0 Å². The van der Waals surface area contributed by atoms with Crippen LogP contribution in [0.5, 0.6) is 0 Å². The second-order valence-electron chi connectivity index (χ2n) is 8.19. The fourth-order valence-electron chi connectivity index (χ4n) is 4.44. The highest BCUT2D eigenvalue weighted by Gasteiger charge is 2.39. The van der Waals surface area contributed by atoms with E-state index in [9.17, 15) is 17.2 Å². The number of rotatable bonds is 5. The molecule has 0 amide bonds. The maximum absolute atomic E-state index is 14.2. The first kappa shape index (κ1) is 20.8. The Labute approximate surface area is 183 Å². The highest BCUT2D eigenvalue weighted by Crippen LogP contribution is 2.32. The summed E-state index contributed by atoms with van der Waals surface area (Å²) in [5.74, 6) is -1.74. The van der Waals surface area contributed by atoms with Crippen LogP contribution in [-0.4, -0.2) is 45.3 Å². The number of nitrogens with one attached hydrogen (secondary N) is 1. The van der Waals surface area contributed by atoms with Gasteiger partial charge in [0.1, 0.15) is 16.5 Å². The van der Waals surface area contributed by atoms with E-state index in [1.54, 1.807) is 19.3 Å². The van der Waals surface area contributed by atoms with Gasteiger partial charge in [0.15, 0.2) is 0 Å². The van der Waals surface area contributed by atoms with E-state index in [0.717, 1.165) is 40.2 Å². The van der Waals surface area contributed by atoms with Crippen LogP contribution in [0.4, 0.5) is 8.78 Å². The van der Waals surface area contributed by atoms with Crippen LogP contribution in [-0.2, 0) is 16.6 Å². The van der Waals surface area contributed by atoms with Gasteiger partial charge in [-0.2, -0.15) is 14.5 Å². The van der Waals surface area contributed by atoms with Gasteiger partial charge in [0, 0.05) is 36.3 Å². The normalized spacial score (nSPS) is 19.7. The van der Waals surface area contributed by atoms with Gasteiger partial charge in [-0.15, -0.1) is 0 Å². The van der Waals surface area contributed by atoms with Crippen LogP contribution in [0.15, 0.2) is 59.9 Å². The van der Waals surface area contributed by atoms with Crippen molar-refractivity contribution in [2.75, 3.05) is 6.54 Å². The zero-order chi connectivity index (χ0) is 22.5. The first-order valence-corrected chi connectivity index (χ1v) is 11.7. The van der Waals surface area contributed by atoms with Gasteiger partial charge in [0.2, 0.25) is 10.0 Å². The van der Waals surface area contributed by atoms with Crippen molar-refractivity contribution in [3.63, 3.8) is 0 Å². The number of hydrogen-bond donors (Lipinski definition) is 1. The van der Waals surface area contributed by atoms with E-state index in [1.165, 1.54) is 4.31 Å². The van der Waals surface area contributed by atoms with Gasteiger partial charge in [0.25, 0.3) is 0 Å². The number of aromatic nitrogens is 4. The molecule has 5 rings (SSSR count). The van der Waals surface area contributed by atoms with Gasteiger partial charge in [0.05, 0.1) is 17.9 Å². The summed E-state index contributed by atoms with van der Waals surface area (Å²) in [6.07, 6.45) is 5.96. The van der Waals surface area contributed by atoms with Crippen molar-refractivity contribution < 1.29 is 17.2 Å². The Balaban J connectivity index is 1.37. The van der Waals surface area contributed by atoms with Crippen LogP contribution < -0.4 is 0 Å². The van der Waals surface area contributed by atoms with Crippen LogP contribution in [0.2, 0.25) is 0 Å². The molecule has 1 aliphatic rings. The summed E-state index contributed by atoms with van der Waals surface area (Å²) in [7, 11) is -4.15. The molecular formula is C22H21F2N5O2S. The molecule has 0 bridgehead atoms. The minimum atomic E-state index is -4.15. The topological polar surface area (TPSA) is 83.9 Å². The highest BCUT2D eigenvalue weighted by molar-refractivity contribution is 7.89. The van der Waals surface area contributed by atoms with Crippen LogP contribution in [0.1, 0.15) is 13.3 Å². The molecule has 2 aromatic carbocycles. The first-order chi connectivity index (χ1) is 15.3. The first-order valence-electron chi connectivity index (χ1n) is 10.2. The Morgan fingerprint density at radius 1 is 1.12 bits per heavy atom. The van der Waals surface area contributed by atoms with Crippen molar-refractivity contribution >= 4 is 20.9 Å². The van der Waals surface area contributed by atoms with E-state index in [2.05, 4.69) is 15.3 Å². The highest BCUT2D eigenvalue weighted by atomic mass is 32.2. The second-order valence-corrected chi connectivity index (χ2v) is 10.0. The molecule has 0 saturated carbocycles. The molecule has 1 N–H and O–H groups in total. The van der Waals surface area contributed by atoms with Gasteiger partial charge in [-0.3, -0.25) is 9.78 Å². The molecule has 0 unspecified atom stereocenters. The van der Waals surface area contributed by atoms with Crippen molar-refractivity contribution in [1.82, 2.24) is 24.3 Å². The Bertz CT molecular complexity index is 1380. The number of sulfonamides is 1. The molecule has 10 heteroatoms. The predicted molar refractivity (Wildman–Crippen MR) is 115 cm³/mol. The summed E-state index contributed by atoms with van der Waals surface area (Å²) in [6.45, 7) is 2.53. The lowest BCUT2D eigenvalue weighted by atomic mass is 10.1. The van der Waals surface area contributed by atoms with Crippen molar-refractivity contribution in [1.29, 1.82) is 0 Å². The fraction of sp³-hybridized carbons (Fsp3) is 0.273. The van der Waals surface area contributed by atoms with E-state index in [-0.39, 0.29) is 18.5 Å². The van der Waals surface area contributed by atoms with E-state index < -0.39 is 26.6 Å². The van der Waals surface area contributed by atoms with Crippen LogP contribution in [0.3, 0.4) is 0 Å². The predicted octanol–water partition coefficient (Wildman–Crippen LogP) is 3.80. The average Bonchev–Trinajstić information content (AvgIpc) is 3.50. The van der Waals surface area contributed by atoms with E-state index in [1.807, 2.05) is 29.1 Å². The number of benzene rings is 2. The number of nitrogens with zero attached hydrogens (tertiary/aromatic N) is 4. The van der Waals surface area contributed by atoms with Crippen molar-refractivity contribution in [3.05, 3.63) is 66.6 Å². The molecule has 4 aromatic rings. The zero-order valence-corrected chi connectivity index (χ0v) is 18.1. The Hall–Kier alpha value is -3.11. The number of hydrogen-bond acceptors (Lipinski definition) is 4. The number of aromatic amines is 1. The monoisotopic (exact) mass is 457 g/mol. The minimum Gasteiger partial charge on any atom is -0.285 e. The summed E-state index contributed by atoms with van der Waals surface area (Å²) in [4.78, 5) is -0.624. The summed E-state index contributed by atoms with van der Waals surface area (Å²) in [5, 5.41) is 12.2. The third kappa shape index (κ3) is 3.59. The lowest BCUT2D eigenvalue weighted by Crippen LogP contribution is -2.34. The summed E-state index contributed by atoms with van der Waals surface area (Å²) < 4.78 is 56.9. The van der Waals surface area contributed by atoms with E-state index >= 15 is 0 Å². The molecule has 0 radical (unpaired) electrons. The molecule has 32 heavy (non-hydrogen) atoms. The summed E-state index contributed by atoms with van der Waals surface area (Å²) in [6, 6.07) is 8.17. The lowest BCUT2D eigenvalue weighted by Gasteiger charge is -2.21. The largest absolute Gasteiger partial charge is 0.285 e. The number of halogens is 2. The van der Waals surface area contributed by atoms with Gasteiger partial charge in [-0.1, -0.05) is 6.07 Å². The van der Waals surface area contributed by atoms with Crippen LogP contribution >= 0.6 is 0 Å². The molecule has 1 fully saturated rings.